The summed E-state index contributed by atoms with van der Waals surface area (Å²) in [6, 6.07) is 8.28. The van der Waals surface area contributed by atoms with Crippen molar-refractivity contribution in [1.82, 2.24) is 0 Å². The van der Waals surface area contributed by atoms with E-state index in [-0.39, 0.29) is 30.6 Å². The van der Waals surface area contributed by atoms with Crippen molar-refractivity contribution in [3.63, 3.8) is 0 Å². The van der Waals surface area contributed by atoms with Gasteiger partial charge in [-0.2, -0.15) is 0 Å². The number of phenols is 1. The van der Waals surface area contributed by atoms with Gasteiger partial charge in [-0.15, -0.1) is 0 Å². The molecule has 39 heavy (non-hydrogen) atoms. The highest BCUT2D eigenvalue weighted by Gasteiger charge is 2.66. The third kappa shape index (κ3) is 3.84. The lowest BCUT2D eigenvalue weighted by Crippen LogP contribution is -2.68. The van der Waals surface area contributed by atoms with Gasteiger partial charge in [0.1, 0.15) is 18.6 Å². The number of phenolic OH excluding ortho intramolecular Hbond substituents is 1. The highest BCUT2D eigenvalue weighted by Crippen LogP contribution is 2.51. The van der Waals surface area contributed by atoms with Crippen molar-refractivity contribution in [1.29, 1.82) is 0 Å². The highest BCUT2D eigenvalue weighted by atomic mass is 16.6. The van der Waals surface area contributed by atoms with Gasteiger partial charge in [-0.05, 0) is 53.6 Å². The molecule has 3 aliphatic carbocycles. The smallest absolute Gasteiger partial charge is 0.235 e. The normalized spacial score (nSPS) is 28.1. The van der Waals surface area contributed by atoms with Crippen LogP contribution in [-0.2, 0) is 30.4 Å². The number of carbonyl (C=O) groups excluding carboxylic acids is 5. The third-order valence-corrected chi connectivity index (χ3v) is 8.12. The molecule has 4 N–H and O–H groups in total. The Bertz CT molecular complexity index is 1480. The SMILES string of the molecule is CO/N=C\c1cc(-c2ccc(O)c3c2C[C@H]2C[C@H]4CC(=O)C(C(N)=O)C(=O)[C@@]4(O)C(=O)C2C3=O)ccc1OC. The maximum Gasteiger partial charge on any atom is 0.235 e. The summed E-state index contributed by atoms with van der Waals surface area (Å²) >= 11 is 0. The average molecular weight is 535 g/mol. The Morgan fingerprint density at radius 2 is 1.85 bits per heavy atom. The van der Waals surface area contributed by atoms with Gasteiger partial charge in [0.2, 0.25) is 5.91 Å². The second-order valence-corrected chi connectivity index (χ2v) is 10.1. The number of nitrogens with zero attached hydrogens (tertiary/aromatic N) is 1. The number of oxime groups is 1. The molecule has 5 rings (SSSR count). The summed E-state index contributed by atoms with van der Waals surface area (Å²) in [7, 11) is 2.91. The summed E-state index contributed by atoms with van der Waals surface area (Å²) in [6.07, 6.45) is 1.26. The summed E-state index contributed by atoms with van der Waals surface area (Å²) < 4.78 is 5.38. The van der Waals surface area contributed by atoms with Crippen LogP contribution < -0.4 is 10.5 Å². The van der Waals surface area contributed by atoms with Gasteiger partial charge in [0.15, 0.2) is 34.7 Å². The number of fused-ring (bicyclic) bond motifs is 3. The average Bonchev–Trinajstić information content (AvgIpc) is 2.89. The zero-order valence-electron chi connectivity index (χ0n) is 21.2. The van der Waals surface area contributed by atoms with Gasteiger partial charge in [-0.3, -0.25) is 24.0 Å². The van der Waals surface area contributed by atoms with Crippen LogP contribution in [0.4, 0.5) is 0 Å². The van der Waals surface area contributed by atoms with E-state index in [9.17, 15) is 34.2 Å². The zero-order chi connectivity index (χ0) is 28.2. The van der Waals surface area contributed by atoms with Crippen molar-refractivity contribution in [3.05, 3.63) is 47.0 Å². The lowest BCUT2D eigenvalue weighted by molar-refractivity contribution is -0.175. The molecule has 2 aromatic carbocycles. The van der Waals surface area contributed by atoms with Crippen LogP contribution in [0, 0.1) is 23.7 Å². The maximum atomic E-state index is 13.8. The molecule has 0 saturated heterocycles. The third-order valence-electron chi connectivity index (χ3n) is 8.12. The van der Waals surface area contributed by atoms with Crippen LogP contribution in [0.1, 0.15) is 34.3 Å². The monoisotopic (exact) mass is 534 g/mol. The lowest BCUT2D eigenvalue weighted by atomic mass is 9.53. The molecule has 0 spiro atoms. The van der Waals surface area contributed by atoms with Crippen LogP contribution in [0.3, 0.4) is 0 Å². The number of amides is 1. The number of nitrogens with two attached hydrogens (primary N) is 1. The highest BCUT2D eigenvalue weighted by molar-refractivity contribution is 6.31. The quantitative estimate of drug-likeness (QED) is 0.286. The van der Waals surface area contributed by atoms with Crippen LogP contribution in [0.2, 0.25) is 0 Å². The fourth-order valence-corrected chi connectivity index (χ4v) is 6.35. The molecule has 5 atom stereocenters. The van der Waals surface area contributed by atoms with Gasteiger partial charge in [0.25, 0.3) is 0 Å². The van der Waals surface area contributed by atoms with Gasteiger partial charge in [0, 0.05) is 17.9 Å². The van der Waals surface area contributed by atoms with Crippen molar-refractivity contribution in [2.24, 2.45) is 34.6 Å². The number of hydrogen-bond donors (Lipinski definition) is 3. The van der Waals surface area contributed by atoms with E-state index in [2.05, 4.69) is 5.16 Å². The predicted molar refractivity (Wildman–Crippen MR) is 135 cm³/mol. The first-order chi connectivity index (χ1) is 18.5. The Kier molecular flexibility index (Phi) is 6.34. The van der Waals surface area contributed by atoms with Gasteiger partial charge in [0.05, 0.1) is 24.8 Å². The molecular weight excluding hydrogens is 508 g/mol. The van der Waals surface area contributed by atoms with Crippen LogP contribution in [0.5, 0.6) is 11.5 Å². The summed E-state index contributed by atoms with van der Waals surface area (Å²) in [5, 5.41) is 25.8. The number of hydrogen-bond acceptors (Lipinski definition) is 10. The number of Topliss-reactive ketones (excluding diaryl/α,β-unsaturated/α-hetero) is 4. The Morgan fingerprint density at radius 1 is 1.10 bits per heavy atom. The summed E-state index contributed by atoms with van der Waals surface area (Å²) in [4.78, 5) is 69.5. The number of methoxy groups -OCH3 is 1. The molecule has 0 bridgehead atoms. The summed E-state index contributed by atoms with van der Waals surface area (Å²) in [5.41, 5.74) is 4.88. The predicted octanol–water partition coefficient (Wildman–Crippen LogP) is 0.983. The molecular formula is C28H26N2O9. The Hall–Kier alpha value is -4.38. The molecule has 2 saturated carbocycles. The number of aromatic hydroxyl groups is 1. The fraction of sp³-hybridized carbons (Fsp3) is 0.357. The Labute approximate surface area is 222 Å². The number of ether oxygens (including phenoxy) is 1. The van der Waals surface area contributed by atoms with E-state index >= 15 is 0 Å². The Morgan fingerprint density at radius 3 is 2.51 bits per heavy atom. The number of carbonyl (C=O) groups is 5. The molecule has 2 unspecified atom stereocenters. The summed E-state index contributed by atoms with van der Waals surface area (Å²) in [6.45, 7) is 0. The van der Waals surface area contributed by atoms with Gasteiger partial charge < -0.3 is 25.5 Å². The topological polar surface area (TPSA) is 183 Å². The molecule has 0 radical (unpaired) electrons. The Balaban J connectivity index is 1.60. The molecule has 1 amide bonds. The molecule has 2 aromatic rings. The first kappa shape index (κ1) is 26.2. The first-order valence-corrected chi connectivity index (χ1v) is 12.3. The maximum absolute atomic E-state index is 13.8. The van der Waals surface area contributed by atoms with Crippen molar-refractivity contribution in [2.75, 3.05) is 14.2 Å². The molecule has 0 heterocycles. The molecule has 2 fully saturated rings. The second-order valence-electron chi connectivity index (χ2n) is 10.1. The van der Waals surface area contributed by atoms with Crippen LogP contribution in [0.15, 0.2) is 35.5 Å². The first-order valence-electron chi connectivity index (χ1n) is 12.3. The van der Waals surface area contributed by atoms with E-state index < -0.39 is 58.3 Å². The molecule has 11 heteroatoms. The van der Waals surface area contributed by atoms with Crippen LogP contribution >= 0.6 is 0 Å². The molecule has 0 aromatic heterocycles. The largest absolute Gasteiger partial charge is 0.507 e. The number of aliphatic hydroxyl groups is 1. The molecule has 11 nitrogen and oxygen atoms in total. The minimum Gasteiger partial charge on any atom is -0.507 e. The van der Waals surface area contributed by atoms with E-state index in [1.807, 2.05) is 0 Å². The fourth-order valence-electron chi connectivity index (χ4n) is 6.35. The lowest BCUT2D eigenvalue weighted by Gasteiger charge is -2.48. The second kappa shape index (κ2) is 9.42. The van der Waals surface area contributed by atoms with Crippen molar-refractivity contribution >= 4 is 35.3 Å². The van der Waals surface area contributed by atoms with E-state index in [4.69, 9.17) is 15.3 Å². The summed E-state index contributed by atoms with van der Waals surface area (Å²) in [5.74, 6) is -9.97. The van der Waals surface area contributed by atoms with E-state index in [1.165, 1.54) is 26.5 Å². The van der Waals surface area contributed by atoms with Crippen LogP contribution in [0.25, 0.3) is 11.1 Å². The number of benzene rings is 2. The van der Waals surface area contributed by atoms with Gasteiger partial charge in [-0.25, -0.2) is 0 Å². The minimum atomic E-state index is -2.68. The van der Waals surface area contributed by atoms with Crippen molar-refractivity contribution in [3.8, 4) is 22.6 Å². The molecule has 0 aliphatic heterocycles. The van der Waals surface area contributed by atoms with Crippen molar-refractivity contribution in [2.45, 2.75) is 24.9 Å². The molecule has 202 valence electrons. The molecule has 3 aliphatic rings. The zero-order valence-corrected chi connectivity index (χ0v) is 21.2. The van der Waals surface area contributed by atoms with E-state index in [0.717, 1.165) is 0 Å². The van der Waals surface area contributed by atoms with Crippen molar-refractivity contribution < 1.29 is 43.8 Å². The number of rotatable bonds is 5. The van der Waals surface area contributed by atoms with E-state index in [1.54, 1.807) is 24.3 Å². The van der Waals surface area contributed by atoms with Crippen LogP contribution in [-0.4, -0.2) is 65.3 Å². The van der Waals surface area contributed by atoms with E-state index in [0.29, 0.717) is 28.0 Å². The van der Waals surface area contributed by atoms with Gasteiger partial charge >= 0.3 is 0 Å². The number of ketones is 4. The van der Waals surface area contributed by atoms with Gasteiger partial charge in [-0.1, -0.05) is 17.3 Å². The number of primary amides is 1. The standard InChI is InChI=1S/C28H26N2O9/c1-38-20-6-3-12(7-14(20)11-30-39-2)16-4-5-18(31)22-17(16)9-13-8-15-10-19(32)23(27(29)36)26(35)28(15,37)25(34)21(13)24(22)33/h3-7,11,13,15,21,23,31,37H,8-10H2,1-2H3,(H2,29,36)/b30-11-/t13-,15+,21?,23?,28+/m1/s1. The minimum absolute atomic E-state index is 0.0184.